The number of hydrogen-bond donors (Lipinski definition) is 0. The van der Waals surface area contributed by atoms with Gasteiger partial charge < -0.3 is 9.47 Å². The van der Waals surface area contributed by atoms with Gasteiger partial charge in [-0.3, -0.25) is 0 Å². The van der Waals surface area contributed by atoms with E-state index in [-0.39, 0.29) is 5.79 Å². The summed E-state index contributed by atoms with van der Waals surface area (Å²) < 4.78 is 11.7. The summed E-state index contributed by atoms with van der Waals surface area (Å²) in [5, 5.41) is 0. The molecule has 0 aromatic heterocycles. The molecule has 2 heteroatoms. The molecule has 0 aromatic carbocycles. The van der Waals surface area contributed by atoms with Crippen molar-refractivity contribution in [3.8, 4) is 0 Å². The van der Waals surface area contributed by atoms with Crippen molar-refractivity contribution in [2.24, 2.45) is 11.8 Å². The Morgan fingerprint density at radius 3 is 2.83 bits per heavy atom. The molecule has 2 heterocycles. The molecular weight excluding hydrogens is 152 g/mol. The molecular formula is C10H18O2. The molecule has 12 heavy (non-hydrogen) atoms. The zero-order valence-corrected chi connectivity index (χ0v) is 8.17. The van der Waals surface area contributed by atoms with Crippen LogP contribution in [0.3, 0.4) is 0 Å². The first-order valence-electron chi connectivity index (χ1n) is 4.99. The first kappa shape index (κ1) is 8.52. The molecule has 2 saturated heterocycles. The summed E-state index contributed by atoms with van der Waals surface area (Å²) in [6.45, 7) is 7.45. The highest BCUT2D eigenvalue weighted by atomic mass is 16.7. The molecule has 2 aliphatic rings. The Bertz CT molecular complexity index is 181. The smallest absolute Gasteiger partial charge is 0.171 e. The van der Waals surface area contributed by atoms with Gasteiger partial charge in [-0.15, -0.1) is 0 Å². The Labute approximate surface area is 74.2 Å². The summed E-state index contributed by atoms with van der Waals surface area (Å²) in [7, 11) is 0. The second kappa shape index (κ2) is 2.71. The molecule has 4 atom stereocenters. The van der Waals surface area contributed by atoms with Crippen LogP contribution < -0.4 is 0 Å². The third kappa shape index (κ3) is 1.01. The molecule has 2 bridgehead atoms. The van der Waals surface area contributed by atoms with Crippen LogP contribution in [0, 0.1) is 11.8 Å². The fourth-order valence-corrected chi connectivity index (χ4v) is 2.51. The molecule has 0 aromatic rings. The largest absolute Gasteiger partial charge is 0.347 e. The van der Waals surface area contributed by atoms with Gasteiger partial charge >= 0.3 is 0 Å². The fourth-order valence-electron chi connectivity index (χ4n) is 2.51. The van der Waals surface area contributed by atoms with E-state index in [9.17, 15) is 0 Å². The minimum Gasteiger partial charge on any atom is -0.347 e. The minimum absolute atomic E-state index is 0.225. The SMILES string of the molecule is CC[C@]12OC[C@H](O1)[C@@H](C)C[C@H]2C. The molecule has 0 unspecified atom stereocenters. The van der Waals surface area contributed by atoms with Gasteiger partial charge in [0.1, 0.15) is 0 Å². The standard InChI is InChI=1S/C10H18O2/c1-4-10-8(3)5-7(2)9(12-10)6-11-10/h7-9H,4-6H2,1-3H3/t7-,8+,9-,10-/m0/s1. The van der Waals surface area contributed by atoms with Gasteiger partial charge in [-0.2, -0.15) is 0 Å². The Morgan fingerprint density at radius 2 is 2.17 bits per heavy atom. The first-order valence-corrected chi connectivity index (χ1v) is 4.99. The van der Waals surface area contributed by atoms with E-state index < -0.39 is 0 Å². The van der Waals surface area contributed by atoms with E-state index in [0.717, 1.165) is 13.0 Å². The van der Waals surface area contributed by atoms with Gasteiger partial charge in [-0.25, -0.2) is 0 Å². The van der Waals surface area contributed by atoms with E-state index in [1.54, 1.807) is 0 Å². The average molecular weight is 170 g/mol. The lowest BCUT2D eigenvalue weighted by Gasteiger charge is -2.39. The molecule has 2 fully saturated rings. The zero-order chi connectivity index (χ0) is 8.77. The van der Waals surface area contributed by atoms with Crippen molar-refractivity contribution in [2.75, 3.05) is 6.61 Å². The number of hydrogen-bond acceptors (Lipinski definition) is 2. The summed E-state index contributed by atoms with van der Waals surface area (Å²) in [5.41, 5.74) is 0. The van der Waals surface area contributed by atoms with Crippen LogP contribution in [-0.2, 0) is 9.47 Å². The fraction of sp³-hybridized carbons (Fsp3) is 1.00. The third-order valence-electron chi connectivity index (χ3n) is 3.45. The predicted molar refractivity (Wildman–Crippen MR) is 46.8 cm³/mol. The predicted octanol–water partition coefficient (Wildman–Crippen LogP) is 2.18. The molecule has 2 aliphatic heterocycles. The average Bonchev–Trinajstić information content (AvgIpc) is 2.44. The van der Waals surface area contributed by atoms with E-state index in [1.807, 2.05) is 0 Å². The minimum atomic E-state index is -0.225. The maximum Gasteiger partial charge on any atom is 0.171 e. The highest BCUT2D eigenvalue weighted by Gasteiger charge is 2.50. The van der Waals surface area contributed by atoms with Crippen LogP contribution in [0.25, 0.3) is 0 Å². The molecule has 2 nitrogen and oxygen atoms in total. The van der Waals surface area contributed by atoms with E-state index in [0.29, 0.717) is 17.9 Å². The Kier molecular flexibility index (Phi) is 1.92. The number of ether oxygens (including phenoxy) is 2. The molecule has 0 radical (unpaired) electrons. The van der Waals surface area contributed by atoms with Crippen molar-refractivity contribution in [3.05, 3.63) is 0 Å². The van der Waals surface area contributed by atoms with Crippen molar-refractivity contribution < 1.29 is 9.47 Å². The monoisotopic (exact) mass is 170 g/mol. The molecule has 0 saturated carbocycles. The molecule has 0 spiro atoms. The lowest BCUT2D eigenvalue weighted by molar-refractivity contribution is -0.229. The highest BCUT2D eigenvalue weighted by molar-refractivity contribution is 4.91. The Morgan fingerprint density at radius 1 is 1.42 bits per heavy atom. The van der Waals surface area contributed by atoms with Crippen molar-refractivity contribution in [3.63, 3.8) is 0 Å². The van der Waals surface area contributed by atoms with Gasteiger partial charge in [0.2, 0.25) is 0 Å². The second-order valence-electron chi connectivity index (χ2n) is 4.25. The van der Waals surface area contributed by atoms with Crippen LogP contribution in [0.2, 0.25) is 0 Å². The summed E-state index contributed by atoms with van der Waals surface area (Å²) in [5.74, 6) is 0.996. The van der Waals surface area contributed by atoms with Gasteiger partial charge in [-0.1, -0.05) is 20.8 Å². The van der Waals surface area contributed by atoms with Gasteiger partial charge in [0.25, 0.3) is 0 Å². The summed E-state index contributed by atoms with van der Waals surface area (Å²) in [6, 6.07) is 0. The van der Waals surface area contributed by atoms with E-state index in [1.165, 1.54) is 6.42 Å². The zero-order valence-electron chi connectivity index (χ0n) is 8.17. The van der Waals surface area contributed by atoms with Crippen LogP contribution >= 0.6 is 0 Å². The molecule has 70 valence electrons. The third-order valence-corrected chi connectivity index (χ3v) is 3.45. The summed E-state index contributed by atoms with van der Waals surface area (Å²) in [4.78, 5) is 0. The Hall–Kier alpha value is -0.0800. The molecule has 0 aliphatic carbocycles. The lowest BCUT2D eigenvalue weighted by atomic mass is 9.84. The van der Waals surface area contributed by atoms with Crippen molar-refractivity contribution in [2.45, 2.75) is 45.5 Å². The molecule has 2 rings (SSSR count). The molecule has 0 N–H and O–H groups in total. The van der Waals surface area contributed by atoms with Gasteiger partial charge in [0.15, 0.2) is 5.79 Å². The lowest BCUT2D eigenvalue weighted by Crippen LogP contribution is -2.43. The number of fused-ring (bicyclic) bond motifs is 2. The second-order valence-corrected chi connectivity index (χ2v) is 4.25. The van der Waals surface area contributed by atoms with Crippen LogP contribution in [0.1, 0.15) is 33.6 Å². The maximum atomic E-state index is 5.94. The van der Waals surface area contributed by atoms with Crippen molar-refractivity contribution in [1.29, 1.82) is 0 Å². The normalized spacial score (nSPS) is 52.8. The van der Waals surface area contributed by atoms with E-state index in [2.05, 4.69) is 20.8 Å². The quantitative estimate of drug-likeness (QED) is 0.600. The van der Waals surface area contributed by atoms with Gasteiger partial charge in [0.05, 0.1) is 12.7 Å². The summed E-state index contributed by atoms with van der Waals surface area (Å²) >= 11 is 0. The summed E-state index contributed by atoms with van der Waals surface area (Å²) in [6.07, 6.45) is 2.59. The number of rotatable bonds is 1. The van der Waals surface area contributed by atoms with Gasteiger partial charge in [0, 0.05) is 5.92 Å². The van der Waals surface area contributed by atoms with Crippen LogP contribution in [0.15, 0.2) is 0 Å². The van der Waals surface area contributed by atoms with Crippen molar-refractivity contribution in [1.82, 2.24) is 0 Å². The van der Waals surface area contributed by atoms with Gasteiger partial charge in [-0.05, 0) is 18.8 Å². The van der Waals surface area contributed by atoms with Crippen LogP contribution in [0.5, 0.6) is 0 Å². The van der Waals surface area contributed by atoms with Crippen LogP contribution in [-0.4, -0.2) is 18.5 Å². The first-order chi connectivity index (χ1) is 5.68. The topological polar surface area (TPSA) is 18.5 Å². The Balaban J connectivity index is 2.18. The van der Waals surface area contributed by atoms with E-state index >= 15 is 0 Å². The maximum absolute atomic E-state index is 5.94. The van der Waals surface area contributed by atoms with Crippen LogP contribution in [0.4, 0.5) is 0 Å². The van der Waals surface area contributed by atoms with E-state index in [4.69, 9.17) is 9.47 Å². The molecule has 0 amide bonds. The van der Waals surface area contributed by atoms with Crippen molar-refractivity contribution >= 4 is 0 Å². The highest BCUT2D eigenvalue weighted by Crippen LogP contribution is 2.44.